The van der Waals surface area contributed by atoms with Crippen LogP contribution in [0, 0.1) is 0 Å². The molecular formula is C17H17N. The molecule has 0 N–H and O–H groups in total. The molecule has 0 amide bonds. The van der Waals surface area contributed by atoms with Crippen LogP contribution < -0.4 is 0 Å². The molecule has 0 saturated carbocycles. The molecule has 0 spiro atoms. The van der Waals surface area contributed by atoms with Crippen molar-refractivity contribution in [1.29, 1.82) is 0 Å². The van der Waals surface area contributed by atoms with E-state index in [-0.39, 0.29) is 0 Å². The fourth-order valence-electron chi connectivity index (χ4n) is 2.56. The van der Waals surface area contributed by atoms with Crippen LogP contribution in [0.1, 0.15) is 16.7 Å². The predicted octanol–water partition coefficient (Wildman–Crippen LogP) is 3.72. The van der Waals surface area contributed by atoms with Crippen molar-refractivity contribution in [2.75, 3.05) is 6.54 Å². The second kappa shape index (κ2) is 4.69. The smallest absolute Gasteiger partial charge is 0.0429 e. The molecule has 1 aliphatic rings. The lowest BCUT2D eigenvalue weighted by Gasteiger charge is -2.32. The van der Waals surface area contributed by atoms with Crippen LogP contribution in [0.3, 0.4) is 0 Å². The zero-order chi connectivity index (χ0) is 12.4. The lowest BCUT2D eigenvalue weighted by molar-refractivity contribution is 0.384. The first kappa shape index (κ1) is 11.1. The van der Waals surface area contributed by atoms with Crippen molar-refractivity contribution in [3.05, 3.63) is 77.9 Å². The van der Waals surface area contributed by atoms with Crippen molar-refractivity contribution in [2.24, 2.45) is 0 Å². The van der Waals surface area contributed by atoms with Crippen molar-refractivity contribution < 1.29 is 0 Å². The number of hydrogen-bond donors (Lipinski definition) is 0. The van der Waals surface area contributed by atoms with Crippen molar-refractivity contribution in [2.45, 2.75) is 13.0 Å². The first-order valence-corrected chi connectivity index (χ1v) is 6.40. The summed E-state index contributed by atoms with van der Waals surface area (Å²) in [6, 6.07) is 19.2. The largest absolute Gasteiger partial charge is 0.367 e. The Labute approximate surface area is 108 Å². The van der Waals surface area contributed by atoms with Gasteiger partial charge in [0.2, 0.25) is 0 Å². The predicted molar refractivity (Wildman–Crippen MR) is 76.0 cm³/mol. The Morgan fingerprint density at radius 1 is 0.944 bits per heavy atom. The van der Waals surface area contributed by atoms with E-state index < -0.39 is 0 Å². The Bertz CT molecular complexity index is 557. The van der Waals surface area contributed by atoms with Crippen LogP contribution in [0.15, 0.2) is 61.2 Å². The molecule has 0 aromatic heterocycles. The SMILES string of the molecule is C=C1c2ccccc2CCN1Cc1ccccc1. The summed E-state index contributed by atoms with van der Waals surface area (Å²) in [5.41, 5.74) is 5.23. The zero-order valence-corrected chi connectivity index (χ0v) is 10.5. The zero-order valence-electron chi connectivity index (χ0n) is 10.5. The topological polar surface area (TPSA) is 3.24 Å². The first-order valence-electron chi connectivity index (χ1n) is 6.40. The van der Waals surface area contributed by atoms with Crippen molar-refractivity contribution in [3.8, 4) is 0 Å². The second-order valence-electron chi connectivity index (χ2n) is 4.76. The Kier molecular flexibility index (Phi) is 2.89. The summed E-state index contributed by atoms with van der Waals surface area (Å²) in [5.74, 6) is 0. The molecule has 0 saturated heterocycles. The van der Waals surface area contributed by atoms with E-state index in [0.29, 0.717) is 0 Å². The maximum absolute atomic E-state index is 4.26. The molecule has 1 heteroatoms. The van der Waals surface area contributed by atoms with E-state index >= 15 is 0 Å². The van der Waals surface area contributed by atoms with Gasteiger partial charge in [-0.25, -0.2) is 0 Å². The summed E-state index contributed by atoms with van der Waals surface area (Å²) in [4.78, 5) is 2.37. The Morgan fingerprint density at radius 2 is 1.67 bits per heavy atom. The van der Waals surface area contributed by atoms with Gasteiger partial charge >= 0.3 is 0 Å². The monoisotopic (exact) mass is 235 g/mol. The van der Waals surface area contributed by atoms with Gasteiger partial charge in [-0.2, -0.15) is 0 Å². The average molecular weight is 235 g/mol. The molecule has 0 unspecified atom stereocenters. The van der Waals surface area contributed by atoms with Crippen LogP contribution in [0.4, 0.5) is 0 Å². The number of rotatable bonds is 2. The third kappa shape index (κ3) is 2.04. The molecule has 1 nitrogen and oxygen atoms in total. The summed E-state index contributed by atoms with van der Waals surface area (Å²) in [5, 5.41) is 0. The van der Waals surface area contributed by atoms with Crippen LogP contribution >= 0.6 is 0 Å². The van der Waals surface area contributed by atoms with E-state index in [2.05, 4.69) is 66.1 Å². The standard InChI is InChI=1S/C17H17N/c1-14-17-10-6-5-9-16(17)11-12-18(14)13-15-7-3-2-4-8-15/h2-10H,1,11-13H2. The lowest BCUT2D eigenvalue weighted by Crippen LogP contribution is -2.28. The van der Waals surface area contributed by atoms with Gasteiger partial charge in [-0.15, -0.1) is 0 Å². The van der Waals surface area contributed by atoms with Gasteiger partial charge in [0.15, 0.2) is 0 Å². The third-order valence-electron chi connectivity index (χ3n) is 3.58. The number of nitrogens with zero attached hydrogens (tertiary/aromatic N) is 1. The van der Waals surface area contributed by atoms with Crippen LogP contribution in [0.5, 0.6) is 0 Å². The van der Waals surface area contributed by atoms with Crippen LogP contribution in [-0.4, -0.2) is 11.4 Å². The lowest BCUT2D eigenvalue weighted by atomic mass is 9.97. The fourth-order valence-corrected chi connectivity index (χ4v) is 2.56. The van der Waals surface area contributed by atoms with E-state index in [1.165, 1.54) is 16.7 Å². The van der Waals surface area contributed by atoms with Crippen LogP contribution in [0.25, 0.3) is 5.70 Å². The highest BCUT2D eigenvalue weighted by atomic mass is 15.1. The van der Waals surface area contributed by atoms with E-state index in [0.717, 1.165) is 25.2 Å². The minimum atomic E-state index is 0.952. The average Bonchev–Trinajstić information content (AvgIpc) is 2.43. The molecular weight excluding hydrogens is 218 g/mol. The number of fused-ring (bicyclic) bond motifs is 1. The van der Waals surface area contributed by atoms with E-state index in [9.17, 15) is 0 Å². The summed E-state index contributed by atoms with van der Waals surface area (Å²) in [7, 11) is 0. The second-order valence-corrected chi connectivity index (χ2v) is 4.76. The molecule has 0 atom stereocenters. The maximum Gasteiger partial charge on any atom is 0.0429 e. The molecule has 0 aliphatic carbocycles. The molecule has 0 bridgehead atoms. The highest BCUT2D eigenvalue weighted by Crippen LogP contribution is 2.28. The number of hydrogen-bond acceptors (Lipinski definition) is 1. The Balaban J connectivity index is 1.83. The van der Waals surface area contributed by atoms with Gasteiger partial charge in [0.05, 0.1) is 0 Å². The summed E-state index contributed by atoms with van der Waals surface area (Å²) < 4.78 is 0. The Hall–Kier alpha value is -2.02. The number of benzene rings is 2. The van der Waals surface area contributed by atoms with Crippen LogP contribution in [-0.2, 0) is 13.0 Å². The van der Waals surface area contributed by atoms with Crippen molar-refractivity contribution in [1.82, 2.24) is 4.90 Å². The van der Waals surface area contributed by atoms with Crippen LogP contribution in [0.2, 0.25) is 0 Å². The normalized spacial score (nSPS) is 14.4. The molecule has 0 radical (unpaired) electrons. The van der Waals surface area contributed by atoms with Gasteiger partial charge in [-0.1, -0.05) is 61.2 Å². The minimum absolute atomic E-state index is 0.952. The molecule has 1 heterocycles. The van der Waals surface area contributed by atoms with Gasteiger partial charge in [-0.3, -0.25) is 0 Å². The van der Waals surface area contributed by atoms with E-state index in [1.807, 2.05) is 0 Å². The molecule has 0 fully saturated rings. The highest BCUT2D eigenvalue weighted by molar-refractivity contribution is 5.66. The summed E-state index contributed by atoms with van der Waals surface area (Å²) >= 11 is 0. The van der Waals surface area contributed by atoms with Gasteiger partial charge in [-0.05, 0) is 17.5 Å². The van der Waals surface area contributed by atoms with Gasteiger partial charge in [0.1, 0.15) is 0 Å². The summed E-state index contributed by atoms with van der Waals surface area (Å²) in [6.45, 7) is 6.27. The van der Waals surface area contributed by atoms with Crippen molar-refractivity contribution >= 4 is 5.70 Å². The summed E-state index contributed by atoms with van der Waals surface area (Å²) in [6.07, 6.45) is 1.11. The molecule has 2 aromatic rings. The Morgan fingerprint density at radius 3 is 2.50 bits per heavy atom. The fraction of sp³-hybridized carbons (Fsp3) is 0.176. The molecule has 1 aliphatic heterocycles. The van der Waals surface area contributed by atoms with E-state index in [1.54, 1.807) is 0 Å². The molecule has 3 rings (SSSR count). The van der Waals surface area contributed by atoms with E-state index in [4.69, 9.17) is 0 Å². The highest BCUT2D eigenvalue weighted by Gasteiger charge is 2.18. The quantitative estimate of drug-likeness (QED) is 0.767. The molecule has 2 aromatic carbocycles. The minimum Gasteiger partial charge on any atom is -0.367 e. The van der Waals surface area contributed by atoms with Crippen molar-refractivity contribution in [3.63, 3.8) is 0 Å². The maximum atomic E-state index is 4.26. The third-order valence-corrected chi connectivity index (χ3v) is 3.58. The molecule has 18 heavy (non-hydrogen) atoms. The first-order chi connectivity index (χ1) is 8.84. The molecule has 90 valence electrons. The van der Waals surface area contributed by atoms with Gasteiger partial charge < -0.3 is 4.90 Å². The van der Waals surface area contributed by atoms with Gasteiger partial charge in [0, 0.05) is 24.4 Å². The van der Waals surface area contributed by atoms with Gasteiger partial charge in [0.25, 0.3) is 0 Å².